The number of nitrogens with one attached hydrogen (secondary N) is 1. The zero-order valence-electron chi connectivity index (χ0n) is 21.4. The first-order valence-corrected chi connectivity index (χ1v) is 10.9. The Bertz CT molecular complexity index is 1180. The van der Waals surface area contributed by atoms with Gasteiger partial charge >= 0.3 is 51.4 Å². The molecule has 0 aliphatic heterocycles. The van der Waals surface area contributed by atoms with Gasteiger partial charge in [-0.1, -0.05) is 26.5 Å². The molecule has 7 nitrogen and oxygen atoms in total. The molecule has 35 heavy (non-hydrogen) atoms. The molecule has 2 aromatic heterocycles. The van der Waals surface area contributed by atoms with E-state index < -0.39 is 0 Å². The molecule has 0 spiro atoms. The second kappa shape index (κ2) is 13.1. The number of hydrogen-bond acceptors (Lipinski definition) is 6. The van der Waals surface area contributed by atoms with Crippen molar-refractivity contribution >= 4 is 23.2 Å². The van der Waals surface area contributed by atoms with E-state index in [4.69, 9.17) is 4.52 Å². The number of benzene rings is 2. The van der Waals surface area contributed by atoms with Gasteiger partial charge in [0.2, 0.25) is 5.95 Å². The van der Waals surface area contributed by atoms with Crippen molar-refractivity contribution in [1.29, 1.82) is 0 Å². The molecule has 0 fully saturated rings. The molecule has 0 aliphatic carbocycles. The molecular weight excluding hydrogens is 465 g/mol. The van der Waals surface area contributed by atoms with Gasteiger partial charge in [-0.25, -0.2) is 15.1 Å². The van der Waals surface area contributed by atoms with E-state index in [-0.39, 0.29) is 62.7 Å². The molecule has 2 heterocycles. The fourth-order valence-electron chi connectivity index (χ4n) is 3.02. The van der Waals surface area contributed by atoms with Crippen LogP contribution in [0.5, 0.6) is 0 Å². The summed E-state index contributed by atoms with van der Waals surface area (Å²) in [5, 5.41) is 6.34. The van der Waals surface area contributed by atoms with Crippen LogP contribution in [0.1, 0.15) is 48.3 Å². The summed E-state index contributed by atoms with van der Waals surface area (Å²) in [5.74, 6) is 1.36. The third-order valence-corrected chi connectivity index (χ3v) is 4.89. The van der Waals surface area contributed by atoms with Gasteiger partial charge in [0, 0.05) is 29.7 Å². The molecule has 0 atom stereocenters. The Balaban J connectivity index is 0.000000366. The smallest absolute Gasteiger partial charge is 0.470 e. The zero-order chi connectivity index (χ0) is 24.7. The Morgan fingerprint density at radius 2 is 1.60 bits per heavy atom. The van der Waals surface area contributed by atoms with Crippen molar-refractivity contribution in [2.75, 3.05) is 17.3 Å². The normalized spacial score (nSPS) is 10.5. The maximum atomic E-state index is 12.3. The maximum Gasteiger partial charge on any atom is 1.00 e. The number of nitrogens with zero attached hydrogens (tertiary/aromatic N) is 4. The molecule has 0 radical (unpaired) electrons. The molecule has 4 aromatic rings. The van der Waals surface area contributed by atoms with Crippen molar-refractivity contribution in [3.8, 4) is 0 Å². The Morgan fingerprint density at radius 3 is 2.09 bits per heavy atom. The zero-order valence-corrected chi connectivity index (χ0v) is 24.5. The van der Waals surface area contributed by atoms with E-state index in [1.54, 1.807) is 42.5 Å². The van der Waals surface area contributed by atoms with Gasteiger partial charge in [0.25, 0.3) is 5.91 Å². The van der Waals surface area contributed by atoms with Crippen LogP contribution in [0.4, 0.5) is 17.3 Å². The number of amides is 1. The van der Waals surface area contributed by atoms with E-state index in [1.165, 1.54) is 0 Å². The number of anilines is 3. The van der Waals surface area contributed by atoms with Gasteiger partial charge in [-0.3, -0.25) is 4.79 Å². The number of carbonyl (C=O) groups is 1. The van der Waals surface area contributed by atoms with Crippen LogP contribution in [0.3, 0.4) is 0 Å². The fraction of sp³-hybridized carbons (Fsp3) is 0.259. The first kappa shape index (κ1) is 28.9. The molecule has 0 bridgehead atoms. The monoisotopic (exact) mass is 494 g/mol. The van der Waals surface area contributed by atoms with Gasteiger partial charge in [-0.15, -0.1) is 18.3 Å². The first-order chi connectivity index (χ1) is 16.1. The van der Waals surface area contributed by atoms with Crippen LogP contribution in [0, 0.1) is 26.1 Å². The summed E-state index contributed by atoms with van der Waals surface area (Å²) in [6.45, 7) is 10.1. The molecule has 0 aliphatic rings. The third kappa shape index (κ3) is 8.66. The van der Waals surface area contributed by atoms with Crippen molar-refractivity contribution in [3.05, 3.63) is 95.6 Å². The molecule has 4 rings (SSSR count). The summed E-state index contributed by atoms with van der Waals surface area (Å²) < 4.78 is 4.89. The third-order valence-electron chi connectivity index (χ3n) is 4.89. The summed E-state index contributed by atoms with van der Waals surface area (Å²) in [6, 6.07) is 21.1. The summed E-state index contributed by atoms with van der Waals surface area (Å²) in [5.41, 5.74) is 4.15. The largest absolute Gasteiger partial charge is 1.00 e. The molecule has 0 saturated heterocycles. The van der Waals surface area contributed by atoms with E-state index in [2.05, 4.69) is 53.5 Å². The standard InChI is InChI=1S/C20H19N4O.C7H10NO.K/c1-14-13-15(2)22-20(21-14)24(3)18-11-9-16(10-12-18)19(25)23-17-7-5-4-6-8-17;1-7(2,3)6-4-5-8-9-6;/h5-13H,1-3H3,(H,23,25);4H,1-3H3;/q2*-1;+1. The van der Waals surface area contributed by atoms with Gasteiger partial charge in [0.05, 0.1) is 0 Å². The number of hydrogen-bond donors (Lipinski definition) is 1. The van der Waals surface area contributed by atoms with Crippen molar-refractivity contribution in [2.24, 2.45) is 0 Å². The summed E-state index contributed by atoms with van der Waals surface area (Å²) in [7, 11) is 1.91. The van der Waals surface area contributed by atoms with Gasteiger partial charge < -0.3 is 14.7 Å². The first-order valence-electron chi connectivity index (χ1n) is 10.9. The van der Waals surface area contributed by atoms with Crippen LogP contribution in [0.2, 0.25) is 0 Å². The maximum absolute atomic E-state index is 12.3. The van der Waals surface area contributed by atoms with E-state index >= 15 is 0 Å². The fourth-order valence-corrected chi connectivity index (χ4v) is 3.02. The van der Waals surface area contributed by atoms with E-state index in [9.17, 15) is 4.79 Å². The van der Waals surface area contributed by atoms with Crippen molar-refractivity contribution < 1.29 is 60.7 Å². The summed E-state index contributed by atoms with van der Waals surface area (Å²) in [6.07, 6.45) is 2.62. The molecule has 1 N–H and O–H groups in total. The van der Waals surface area contributed by atoms with Crippen LogP contribution in [-0.2, 0) is 5.41 Å². The Labute approximate surface area is 249 Å². The van der Waals surface area contributed by atoms with E-state index in [1.807, 2.05) is 44.0 Å². The van der Waals surface area contributed by atoms with Gasteiger partial charge in [0.1, 0.15) is 0 Å². The van der Waals surface area contributed by atoms with Crippen LogP contribution < -0.4 is 61.6 Å². The minimum absolute atomic E-state index is 0. The number of aromatic nitrogens is 3. The van der Waals surface area contributed by atoms with Crippen molar-refractivity contribution in [1.82, 2.24) is 15.1 Å². The predicted molar refractivity (Wildman–Crippen MR) is 133 cm³/mol. The molecular formula is C27H29KN5O2-. The summed E-state index contributed by atoms with van der Waals surface area (Å²) >= 11 is 0. The number of carbonyl (C=O) groups excluding carboxylic acids is 1. The quantitative estimate of drug-likeness (QED) is 0.347. The average molecular weight is 495 g/mol. The SMILES string of the molecule is CC(C)(C)c1c[c-]no1.Cc1cc(C)nc(N(C)c2ccc(C(=O)Nc3cc[c-]cc3)cc2)n1.[K+]. The van der Waals surface area contributed by atoms with Gasteiger partial charge in [-0.2, -0.15) is 24.3 Å². The molecule has 176 valence electrons. The van der Waals surface area contributed by atoms with Gasteiger partial charge in [-0.05, 0) is 55.4 Å². The molecule has 0 saturated carbocycles. The molecule has 1 amide bonds. The molecule has 0 unspecified atom stereocenters. The Kier molecular flexibility index (Phi) is 10.8. The van der Waals surface area contributed by atoms with Crippen LogP contribution in [-0.4, -0.2) is 28.1 Å². The van der Waals surface area contributed by atoms with E-state index in [0.717, 1.165) is 28.5 Å². The van der Waals surface area contributed by atoms with Crippen LogP contribution in [0.25, 0.3) is 0 Å². The Hall–Kier alpha value is -2.36. The predicted octanol–water partition coefficient (Wildman–Crippen LogP) is 2.69. The molecule has 8 heteroatoms. The van der Waals surface area contributed by atoms with E-state index in [0.29, 0.717) is 11.5 Å². The second-order valence-corrected chi connectivity index (χ2v) is 8.87. The van der Waals surface area contributed by atoms with Crippen LogP contribution in [0.15, 0.2) is 65.2 Å². The topological polar surface area (TPSA) is 84.2 Å². The van der Waals surface area contributed by atoms with Gasteiger partial charge in [0.15, 0.2) is 0 Å². The minimum atomic E-state index is -0.150. The van der Waals surface area contributed by atoms with Crippen molar-refractivity contribution in [2.45, 2.75) is 40.0 Å². The average Bonchev–Trinajstić information content (AvgIpc) is 3.35. The minimum Gasteiger partial charge on any atom is -0.470 e. The number of aryl methyl sites for hydroxylation is 2. The van der Waals surface area contributed by atoms with Crippen molar-refractivity contribution in [3.63, 3.8) is 0 Å². The summed E-state index contributed by atoms with van der Waals surface area (Å²) in [4.78, 5) is 23.1. The number of rotatable bonds is 4. The second-order valence-electron chi connectivity index (χ2n) is 8.87. The molecule has 2 aromatic carbocycles. The Morgan fingerprint density at radius 1 is 1.00 bits per heavy atom. The van der Waals surface area contributed by atoms with Crippen LogP contribution >= 0.6 is 0 Å².